The quantitative estimate of drug-likeness (QED) is 0.257. The SMILES string of the molecule is NNC(=O)[C@H]1C[C@@H]2C[C@H]1C[C@@H]2C(=O)NN. The number of rotatable bonds is 2. The first-order chi connectivity index (χ1) is 7.17. The topological polar surface area (TPSA) is 110 Å². The number of amides is 2. The average Bonchev–Trinajstić information content (AvgIpc) is 2.85. The van der Waals surface area contributed by atoms with Crippen molar-refractivity contribution in [2.45, 2.75) is 19.3 Å². The maximum atomic E-state index is 11.4. The summed E-state index contributed by atoms with van der Waals surface area (Å²) in [5.41, 5.74) is 4.37. The van der Waals surface area contributed by atoms with Crippen LogP contribution in [-0.2, 0) is 9.59 Å². The summed E-state index contributed by atoms with van der Waals surface area (Å²) in [4.78, 5) is 22.8. The highest BCUT2D eigenvalue weighted by Gasteiger charge is 2.50. The van der Waals surface area contributed by atoms with Crippen LogP contribution in [0.15, 0.2) is 0 Å². The van der Waals surface area contributed by atoms with E-state index in [0.717, 1.165) is 19.3 Å². The number of carbonyl (C=O) groups excluding carboxylic acids is 2. The van der Waals surface area contributed by atoms with Gasteiger partial charge in [-0.05, 0) is 31.1 Å². The summed E-state index contributed by atoms with van der Waals surface area (Å²) in [5, 5.41) is 0. The van der Waals surface area contributed by atoms with Crippen LogP contribution in [0.4, 0.5) is 0 Å². The molecule has 0 saturated heterocycles. The zero-order valence-corrected chi connectivity index (χ0v) is 8.40. The lowest BCUT2D eigenvalue weighted by Gasteiger charge is -2.25. The molecule has 4 atom stereocenters. The number of nitrogens with one attached hydrogen (secondary N) is 2. The summed E-state index contributed by atoms with van der Waals surface area (Å²) in [5.74, 6) is 10.6. The molecule has 0 unspecified atom stereocenters. The molecule has 0 spiro atoms. The van der Waals surface area contributed by atoms with Gasteiger partial charge in [0.1, 0.15) is 0 Å². The molecule has 0 aromatic carbocycles. The molecule has 0 aromatic heterocycles. The molecule has 2 aliphatic rings. The smallest absolute Gasteiger partial charge is 0.237 e. The molecule has 15 heavy (non-hydrogen) atoms. The zero-order valence-electron chi connectivity index (χ0n) is 8.40. The molecule has 2 aliphatic carbocycles. The van der Waals surface area contributed by atoms with E-state index >= 15 is 0 Å². The maximum Gasteiger partial charge on any atom is 0.237 e. The lowest BCUT2D eigenvalue weighted by Crippen LogP contribution is -2.42. The molecule has 0 heterocycles. The lowest BCUT2D eigenvalue weighted by molar-refractivity contribution is -0.131. The van der Waals surface area contributed by atoms with Crippen LogP contribution in [0.2, 0.25) is 0 Å². The Morgan fingerprint density at radius 1 is 0.867 bits per heavy atom. The van der Waals surface area contributed by atoms with E-state index in [-0.39, 0.29) is 23.7 Å². The Balaban J connectivity index is 2.00. The Bertz CT molecular complexity index is 266. The number of hydrogen-bond acceptors (Lipinski definition) is 4. The Morgan fingerprint density at radius 3 is 1.53 bits per heavy atom. The molecule has 6 nitrogen and oxygen atoms in total. The van der Waals surface area contributed by atoms with Crippen LogP contribution in [0, 0.1) is 23.7 Å². The van der Waals surface area contributed by atoms with Gasteiger partial charge in [0.25, 0.3) is 0 Å². The van der Waals surface area contributed by atoms with Gasteiger partial charge in [-0.2, -0.15) is 0 Å². The van der Waals surface area contributed by atoms with Crippen molar-refractivity contribution in [2.24, 2.45) is 35.4 Å². The summed E-state index contributed by atoms with van der Waals surface area (Å²) in [6.07, 6.45) is 2.45. The molecule has 2 rings (SSSR count). The van der Waals surface area contributed by atoms with Crippen molar-refractivity contribution in [1.82, 2.24) is 10.9 Å². The predicted octanol–water partition coefficient (Wildman–Crippen LogP) is -1.37. The van der Waals surface area contributed by atoms with Gasteiger partial charge >= 0.3 is 0 Å². The van der Waals surface area contributed by atoms with Crippen LogP contribution in [0.5, 0.6) is 0 Å². The third-order valence-electron chi connectivity index (χ3n) is 3.81. The Morgan fingerprint density at radius 2 is 1.27 bits per heavy atom. The van der Waals surface area contributed by atoms with Gasteiger partial charge in [0.15, 0.2) is 0 Å². The monoisotopic (exact) mass is 212 g/mol. The molecule has 2 fully saturated rings. The van der Waals surface area contributed by atoms with Crippen LogP contribution < -0.4 is 22.5 Å². The van der Waals surface area contributed by atoms with Crippen molar-refractivity contribution in [3.05, 3.63) is 0 Å². The molecular formula is C9H16N4O2. The lowest BCUT2D eigenvalue weighted by atomic mass is 9.81. The standard InChI is InChI=1S/C9H16N4O2/c10-12-8(14)6-2-4-1-5(6)3-7(4)9(15)13-11/h4-7H,1-3,10-11H2,(H,12,14)(H,13,15)/t4-,5-,6-,7-/m0/s1. The molecular weight excluding hydrogens is 196 g/mol. The van der Waals surface area contributed by atoms with Gasteiger partial charge in [0, 0.05) is 11.8 Å². The van der Waals surface area contributed by atoms with Gasteiger partial charge in [-0.25, -0.2) is 11.7 Å². The van der Waals surface area contributed by atoms with Crippen LogP contribution in [0.1, 0.15) is 19.3 Å². The molecule has 2 saturated carbocycles. The van der Waals surface area contributed by atoms with Gasteiger partial charge < -0.3 is 0 Å². The minimum Gasteiger partial charge on any atom is -0.294 e. The molecule has 2 amide bonds. The van der Waals surface area contributed by atoms with E-state index in [2.05, 4.69) is 10.9 Å². The minimum atomic E-state index is -0.103. The Kier molecular flexibility index (Phi) is 2.62. The number of fused-ring (bicyclic) bond motifs is 2. The maximum absolute atomic E-state index is 11.4. The second kappa shape index (κ2) is 3.79. The first kappa shape index (κ1) is 10.4. The average molecular weight is 212 g/mol. The van der Waals surface area contributed by atoms with E-state index in [0.29, 0.717) is 11.8 Å². The minimum absolute atomic E-state index is 0.0122. The number of hydrazine groups is 2. The highest BCUT2D eigenvalue weighted by Crippen LogP contribution is 2.51. The molecule has 6 N–H and O–H groups in total. The number of nitrogens with two attached hydrogens (primary N) is 2. The predicted molar refractivity (Wildman–Crippen MR) is 52.5 cm³/mol. The highest BCUT2D eigenvalue weighted by molar-refractivity contribution is 5.82. The van der Waals surface area contributed by atoms with Gasteiger partial charge in [-0.1, -0.05) is 0 Å². The summed E-state index contributed by atoms with van der Waals surface area (Å²) >= 11 is 0. The van der Waals surface area contributed by atoms with E-state index < -0.39 is 0 Å². The van der Waals surface area contributed by atoms with Crippen molar-refractivity contribution in [2.75, 3.05) is 0 Å². The molecule has 0 aliphatic heterocycles. The van der Waals surface area contributed by atoms with Crippen molar-refractivity contribution >= 4 is 11.8 Å². The van der Waals surface area contributed by atoms with Gasteiger partial charge in [-0.15, -0.1) is 0 Å². The highest BCUT2D eigenvalue weighted by atomic mass is 16.2. The first-order valence-electron chi connectivity index (χ1n) is 5.18. The van der Waals surface area contributed by atoms with Crippen LogP contribution in [0.3, 0.4) is 0 Å². The third kappa shape index (κ3) is 1.59. The van der Waals surface area contributed by atoms with Crippen molar-refractivity contribution < 1.29 is 9.59 Å². The molecule has 2 bridgehead atoms. The zero-order chi connectivity index (χ0) is 11.0. The van der Waals surface area contributed by atoms with Crippen molar-refractivity contribution in [3.63, 3.8) is 0 Å². The summed E-state index contributed by atoms with van der Waals surface area (Å²) in [6, 6.07) is 0. The van der Waals surface area contributed by atoms with Crippen molar-refractivity contribution in [3.8, 4) is 0 Å². The normalized spacial score (nSPS) is 37.7. The van der Waals surface area contributed by atoms with Crippen LogP contribution in [-0.4, -0.2) is 11.8 Å². The fourth-order valence-electron chi connectivity index (χ4n) is 3.13. The fourth-order valence-corrected chi connectivity index (χ4v) is 3.13. The van der Waals surface area contributed by atoms with Gasteiger partial charge in [-0.3, -0.25) is 20.4 Å². The van der Waals surface area contributed by atoms with E-state index in [4.69, 9.17) is 11.7 Å². The summed E-state index contributed by atoms with van der Waals surface area (Å²) in [7, 11) is 0. The van der Waals surface area contributed by atoms with Gasteiger partial charge in [0.2, 0.25) is 11.8 Å². The second-order valence-corrected chi connectivity index (χ2v) is 4.46. The van der Waals surface area contributed by atoms with Gasteiger partial charge in [0.05, 0.1) is 0 Å². The molecule has 84 valence electrons. The Labute approximate surface area is 87.7 Å². The fraction of sp³-hybridized carbons (Fsp3) is 0.778. The molecule has 0 aromatic rings. The summed E-state index contributed by atoms with van der Waals surface area (Å²) < 4.78 is 0. The first-order valence-corrected chi connectivity index (χ1v) is 5.18. The van der Waals surface area contributed by atoms with E-state index in [1.165, 1.54) is 0 Å². The van der Waals surface area contributed by atoms with Crippen LogP contribution in [0.25, 0.3) is 0 Å². The Hall–Kier alpha value is -1.14. The van der Waals surface area contributed by atoms with Crippen LogP contribution >= 0.6 is 0 Å². The largest absolute Gasteiger partial charge is 0.294 e. The molecule has 6 heteroatoms. The van der Waals surface area contributed by atoms with E-state index in [1.807, 2.05) is 0 Å². The second-order valence-electron chi connectivity index (χ2n) is 4.46. The number of hydrogen-bond donors (Lipinski definition) is 4. The van der Waals surface area contributed by atoms with E-state index in [9.17, 15) is 9.59 Å². The van der Waals surface area contributed by atoms with Crippen molar-refractivity contribution in [1.29, 1.82) is 0 Å². The third-order valence-corrected chi connectivity index (χ3v) is 3.81. The summed E-state index contributed by atoms with van der Waals surface area (Å²) in [6.45, 7) is 0. The number of carbonyl (C=O) groups is 2. The van der Waals surface area contributed by atoms with E-state index in [1.54, 1.807) is 0 Å². The molecule has 0 radical (unpaired) electrons.